The highest BCUT2D eigenvalue weighted by Crippen LogP contribution is 2.36. The van der Waals surface area contributed by atoms with Crippen molar-refractivity contribution in [2.75, 3.05) is 20.7 Å². The summed E-state index contributed by atoms with van der Waals surface area (Å²) in [5.74, 6) is 0.852. The normalized spacial score (nSPS) is 10.9. The number of carbonyl (C=O) groups excluding carboxylic acids is 2. The highest BCUT2D eigenvalue weighted by atomic mass is 16.6. The first-order chi connectivity index (χ1) is 15.9. The van der Waals surface area contributed by atoms with Gasteiger partial charge in [0, 0.05) is 25.5 Å². The van der Waals surface area contributed by atoms with E-state index in [0.29, 0.717) is 28.8 Å². The first-order valence-electron chi connectivity index (χ1n) is 10.5. The summed E-state index contributed by atoms with van der Waals surface area (Å²) in [6, 6.07) is 16.5. The van der Waals surface area contributed by atoms with Crippen molar-refractivity contribution in [3.05, 3.63) is 71.9 Å². The van der Waals surface area contributed by atoms with Crippen LogP contribution in [0.1, 0.15) is 22.8 Å². The van der Waals surface area contributed by atoms with Gasteiger partial charge in [-0.25, -0.2) is 4.79 Å². The number of hydrogen-bond donors (Lipinski definition) is 1. The first kappa shape index (κ1) is 22.0. The highest BCUT2D eigenvalue weighted by molar-refractivity contribution is 6.14. The van der Waals surface area contributed by atoms with Gasteiger partial charge < -0.3 is 29.2 Å². The number of hydrogen-bond acceptors (Lipinski definition) is 5. The molecular weight excluding hydrogens is 422 g/mol. The van der Waals surface area contributed by atoms with Gasteiger partial charge in [0.05, 0.1) is 23.9 Å². The van der Waals surface area contributed by atoms with Crippen LogP contribution in [-0.4, -0.2) is 42.0 Å². The van der Waals surface area contributed by atoms with Crippen molar-refractivity contribution in [2.24, 2.45) is 5.73 Å². The minimum Gasteiger partial charge on any atom is -0.494 e. The number of nitrogens with two attached hydrogens (primary N) is 1. The molecule has 0 fully saturated rings. The second kappa shape index (κ2) is 9.12. The lowest BCUT2D eigenvalue weighted by Gasteiger charge is -2.14. The van der Waals surface area contributed by atoms with E-state index in [-0.39, 0.29) is 12.4 Å². The molecule has 0 aliphatic heterocycles. The zero-order valence-corrected chi connectivity index (χ0v) is 18.7. The number of pyridine rings is 1. The second-order valence-corrected chi connectivity index (χ2v) is 7.64. The van der Waals surface area contributed by atoms with Crippen LogP contribution in [0.4, 0.5) is 4.79 Å². The van der Waals surface area contributed by atoms with Gasteiger partial charge in [-0.1, -0.05) is 30.3 Å². The predicted molar refractivity (Wildman–Crippen MR) is 125 cm³/mol. The molecule has 0 spiro atoms. The van der Waals surface area contributed by atoms with Crippen LogP contribution >= 0.6 is 0 Å². The molecule has 0 aliphatic rings. The zero-order valence-electron chi connectivity index (χ0n) is 18.7. The number of aromatic nitrogens is 1. The molecule has 8 nitrogen and oxygen atoms in total. The van der Waals surface area contributed by atoms with Gasteiger partial charge in [0.25, 0.3) is 5.91 Å². The van der Waals surface area contributed by atoms with E-state index in [0.717, 1.165) is 16.8 Å². The number of amides is 2. The van der Waals surface area contributed by atoms with Gasteiger partial charge in [-0.05, 0) is 30.7 Å². The Bertz CT molecular complexity index is 1330. The quantitative estimate of drug-likeness (QED) is 0.457. The maximum Gasteiger partial charge on any atom is 0.414 e. The summed E-state index contributed by atoms with van der Waals surface area (Å²) in [5, 5.41) is 0.687. The minimum absolute atomic E-state index is 0.229. The van der Waals surface area contributed by atoms with E-state index in [1.807, 2.05) is 55.5 Å². The summed E-state index contributed by atoms with van der Waals surface area (Å²) in [4.78, 5) is 25.9. The SMILES string of the molecule is CCOc1ccc(COc2cc(OC(=O)N(C)C)cn3c2c(C(N)=O)c2ccccc23)cc1. The average Bonchev–Trinajstić information content (AvgIpc) is 3.13. The third-order valence-corrected chi connectivity index (χ3v) is 5.12. The molecule has 2 amide bonds. The Hall–Kier alpha value is -4.20. The van der Waals surface area contributed by atoms with E-state index >= 15 is 0 Å². The number of benzene rings is 2. The molecule has 4 aromatic rings. The van der Waals surface area contributed by atoms with Crippen LogP contribution in [0, 0.1) is 0 Å². The lowest BCUT2D eigenvalue weighted by molar-refractivity contribution is 0.100. The molecule has 33 heavy (non-hydrogen) atoms. The number of para-hydroxylation sites is 1. The largest absolute Gasteiger partial charge is 0.494 e. The van der Waals surface area contributed by atoms with Crippen molar-refractivity contribution in [1.82, 2.24) is 9.30 Å². The van der Waals surface area contributed by atoms with Crippen LogP contribution in [0.2, 0.25) is 0 Å². The van der Waals surface area contributed by atoms with E-state index in [1.54, 1.807) is 30.8 Å². The van der Waals surface area contributed by atoms with E-state index in [2.05, 4.69) is 0 Å². The minimum atomic E-state index is -0.572. The van der Waals surface area contributed by atoms with Gasteiger partial charge in [-0.2, -0.15) is 0 Å². The third kappa shape index (κ3) is 4.41. The van der Waals surface area contributed by atoms with Crippen molar-refractivity contribution < 1.29 is 23.8 Å². The molecule has 2 N–H and O–H groups in total. The Morgan fingerprint density at radius 2 is 1.73 bits per heavy atom. The molecule has 0 aliphatic carbocycles. The number of rotatable bonds is 7. The van der Waals surface area contributed by atoms with E-state index in [1.165, 1.54) is 4.90 Å². The van der Waals surface area contributed by atoms with E-state index in [9.17, 15) is 9.59 Å². The highest BCUT2D eigenvalue weighted by Gasteiger charge is 2.22. The molecule has 170 valence electrons. The van der Waals surface area contributed by atoms with E-state index in [4.69, 9.17) is 19.9 Å². The lowest BCUT2D eigenvalue weighted by Crippen LogP contribution is -2.25. The summed E-state index contributed by atoms with van der Waals surface area (Å²) < 4.78 is 18.9. The van der Waals surface area contributed by atoms with Gasteiger partial charge >= 0.3 is 6.09 Å². The van der Waals surface area contributed by atoms with Crippen molar-refractivity contribution >= 4 is 28.4 Å². The molecular formula is C25H25N3O5. The monoisotopic (exact) mass is 447 g/mol. The van der Waals surface area contributed by atoms with Crippen LogP contribution in [0.5, 0.6) is 17.2 Å². The molecule has 2 aromatic heterocycles. The van der Waals surface area contributed by atoms with Crippen LogP contribution in [0.3, 0.4) is 0 Å². The van der Waals surface area contributed by atoms with Crippen molar-refractivity contribution in [3.63, 3.8) is 0 Å². The molecule has 0 bridgehead atoms. The fourth-order valence-corrected chi connectivity index (χ4v) is 3.62. The van der Waals surface area contributed by atoms with Gasteiger partial charge in [0.15, 0.2) is 5.75 Å². The molecule has 4 rings (SSSR count). The molecule has 0 saturated carbocycles. The number of nitrogens with zero attached hydrogens (tertiary/aromatic N) is 2. The molecule has 8 heteroatoms. The third-order valence-electron chi connectivity index (χ3n) is 5.12. The number of ether oxygens (including phenoxy) is 3. The molecule has 2 aromatic carbocycles. The fourth-order valence-electron chi connectivity index (χ4n) is 3.62. The summed E-state index contributed by atoms with van der Waals surface area (Å²) in [6.45, 7) is 2.74. The number of fused-ring (bicyclic) bond motifs is 3. The molecule has 0 radical (unpaired) electrons. The lowest BCUT2D eigenvalue weighted by atomic mass is 10.1. The van der Waals surface area contributed by atoms with Crippen LogP contribution in [0.15, 0.2) is 60.8 Å². The molecule has 2 heterocycles. The Kier molecular flexibility index (Phi) is 6.08. The van der Waals surface area contributed by atoms with Crippen molar-refractivity contribution in [3.8, 4) is 17.2 Å². The number of primary amides is 1. The Morgan fingerprint density at radius 3 is 2.39 bits per heavy atom. The van der Waals surface area contributed by atoms with Crippen molar-refractivity contribution in [1.29, 1.82) is 0 Å². The van der Waals surface area contributed by atoms with Gasteiger partial charge in [0.2, 0.25) is 0 Å². The Balaban J connectivity index is 1.81. The standard InChI is InChI=1S/C25H25N3O5/c1-4-31-17-11-9-16(10-12-17)15-32-21-13-18(33-25(30)27(2)3)14-28-20-8-6-5-7-19(20)22(23(21)28)24(26)29/h5-14H,4,15H2,1-3H3,(H2,26,29). The summed E-state index contributed by atoms with van der Waals surface area (Å²) >= 11 is 0. The van der Waals surface area contributed by atoms with Gasteiger partial charge in [0.1, 0.15) is 23.6 Å². The number of carbonyl (C=O) groups is 2. The summed E-state index contributed by atoms with van der Waals surface area (Å²) in [6.07, 6.45) is 1.12. The molecule has 0 unspecified atom stereocenters. The Morgan fingerprint density at radius 1 is 1.00 bits per heavy atom. The van der Waals surface area contributed by atoms with Crippen LogP contribution in [-0.2, 0) is 6.61 Å². The topological polar surface area (TPSA) is 95.5 Å². The van der Waals surface area contributed by atoms with Gasteiger partial charge in [-0.15, -0.1) is 0 Å². The molecule has 0 saturated heterocycles. The smallest absolute Gasteiger partial charge is 0.414 e. The molecule has 0 atom stereocenters. The maximum atomic E-state index is 12.4. The predicted octanol–water partition coefficient (Wildman–Crippen LogP) is 4.23. The van der Waals surface area contributed by atoms with Crippen molar-refractivity contribution in [2.45, 2.75) is 13.5 Å². The zero-order chi connectivity index (χ0) is 23.5. The summed E-state index contributed by atoms with van der Waals surface area (Å²) in [5.41, 5.74) is 8.27. The van der Waals surface area contributed by atoms with E-state index < -0.39 is 12.0 Å². The average molecular weight is 447 g/mol. The maximum absolute atomic E-state index is 12.4. The first-order valence-corrected chi connectivity index (χ1v) is 10.5. The second-order valence-electron chi connectivity index (χ2n) is 7.64. The van der Waals surface area contributed by atoms with Crippen LogP contribution in [0.25, 0.3) is 16.4 Å². The fraction of sp³-hybridized carbons (Fsp3) is 0.200. The Labute approximate surface area is 191 Å². The summed E-state index contributed by atoms with van der Waals surface area (Å²) in [7, 11) is 3.20. The van der Waals surface area contributed by atoms with Gasteiger partial charge in [-0.3, -0.25) is 4.79 Å². The van der Waals surface area contributed by atoms with Crippen LogP contribution < -0.4 is 19.9 Å².